The van der Waals surface area contributed by atoms with Crippen LogP contribution < -0.4 is 0 Å². The van der Waals surface area contributed by atoms with Gasteiger partial charge in [-0.1, -0.05) is 18.2 Å². The van der Waals surface area contributed by atoms with Crippen molar-refractivity contribution < 1.29 is 19.4 Å². The van der Waals surface area contributed by atoms with E-state index < -0.39 is 15.8 Å². The number of non-ortho nitro benzene ring substituents is 2. The molecule has 0 spiro atoms. The largest absolute Gasteiger partial charge is 0.465 e. The van der Waals surface area contributed by atoms with Crippen molar-refractivity contribution in [2.75, 3.05) is 7.11 Å². The van der Waals surface area contributed by atoms with Crippen LogP contribution in [0.4, 0.5) is 11.4 Å². The van der Waals surface area contributed by atoms with Gasteiger partial charge in [-0.15, -0.1) is 0 Å². The van der Waals surface area contributed by atoms with Crippen molar-refractivity contribution in [3.8, 4) is 0 Å². The second kappa shape index (κ2) is 8.78. The van der Waals surface area contributed by atoms with E-state index in [2.05, 4.69) is 0 Å². The van der Waals surface area contributed by atoms with Crippen molar-refractivity contribution in [1.82, 2.24) is 0 Å². The van der Waals surface area contributed by atoms with Gasteiger partial charge in [0.1, 0.15) is 0 Å². The Kier molecular flexibility index (Phi) is 5.97. The molecule has 0 aliphatic heterocycles. The Balaban J connectivity index is 2.17. The highest BCUT2D eigenvalue weighted by molar-refractivity contribution is 5.99. The molecule has 0 atom stereocenters. The van der Waals surface area contributed by atoms with Gasteiger partial charge in [-0.3, -0.25) is 20.2 Å². The fourth-order valence-electron chi connectivity index (χ4n) is 2.93. The number of ether oxygens (including phenoxy) is 1. The molecule has 0 aromatic heterocycles. The van der Waals surface area contributed by atoms with Gasteiger partial charge in [0.25, 0.3) is 11.4 Å². The Bertz CT molecular complexity index is 1080. The molecule has 8 nitrogen and oxygen atoms in total. The van der Waals surface area contributed by atoms with E-state index in [1.165, 1.54) is 31.4 Å². The number of benzene rings is 3. The number of methoxy groups -OCH3 is 1. The maximum atomic E-state index is 12.1. The topological polar surface area (TPSA) is 113 Å². The smallest absolute Gasteiger partial charge is 0.338 e. The highest BCUT2D eigenvalue weighted by Crippen LogP contribution is 2.30. The van der Waals surface area contributed by atoms with Gasteiger partial charge in [0.15, 0.2) is 0 Å². The Morgan fingerprint density at radius 1 is 0.800 bits per heavy atom. The van der Waals surface area contributed by atoms with E-state index in [0.29, 0.717) is 27.8 Å². The van der Waals surface area contributed by atoms with Gasteiger partial charge in [-0.25, -0.2) is 4.79 Å². The van der Waals surface area contributed by atoms with Crippen molar-refractivity contribution >= 4 is 29.0 Å². The van der Waals surface area contributed by atoms with Gasteiger partial charge in [0.2, 0.25) is 0 Å². The zero-order valence-corrected chi connectivity index (χ0v) is 15.8. The third-order valence-corrected chi connectivity index (χ3v) is 4.44. The van der Waals surface area contributed by atoms with Crippen molar-refractivity contribution in [2.24, 2.45) is 0 Å². The summed E-state index contributed by atoms with van der Waals surface area (Å²) >= 11 is 0. The van der Waals surface area contributed by atoms with Gasteiger partial charge in [-0.05, 0) is 58.7 Å². The summed E-state index contributed by atoms with van der Waals surface area (Å²) in [6.45, 7) is 0. The van der Waals surface area contributed by atoms with Crippen LogP contribution in [0.3, 0.4) is 0 Å². The lowest BCUT2D eigenvalue weighted by atomic mass is 9.94. The summed E-state index contributed by atoms with van der Waals surface area (Å²) < 4.78 is 4.84. The predicted molar refractivity (Wildman–Crippen MR) is 111 cm³/mol. The summed E-state index contributed by atoms with van der Waals surface area (Å²) in [4.78, 5) is 33.1. The Morgan fingerprint density at radius 2 is 1.27 bits per heavy atom. The third kappa shape index (κ3) is 4.39. The average molecular weight is 404 g/mol. The molecule has 0 N–H and O–H groups in total. The number of hydrogen-bond donors (Lipinski definition) is 0. The van der Waals surface area contributed by atoms with E-state index in [1.807, 2.05) is 0 Å². The second-order valence-electron chi connectivity index (χ2n) is 6.24. The fourth-order valence-corrected chi connectivity index (χ4v) is 2.93. The number of hydrogen-bond acceptors (Lipinski definition) is 6. The van der Waals surface area contributed by atoms with Crippen LogP contribution in [-0.2, 0) is 4.74 Å². The zero-order valence-electron chi connectivity index (χ0n) is 15.8. The molecular formula is C22H16N2O6. The lowest BCUT2D eigenvalue weighted by molar-refractivity contribution is -0.385. The maximum absolute atomic E-state index is 12.1. The molecule has 0 radical (unpaired) electrons. The van der Waals surface area contributed by atoms with Gasteiger partial charge in [0.05, 0.1) is 22.5 Å². The van der Waals surface area contributed by atoms with Crippen LogP contribution in [-0.4, -0.2) is 22.9 Å². The number of esters is 1. The summed E-state index contributed by atoms with van der Waals surface area (Å²) in [6.07, 6.45) is 1.74. The zero-order chi connectivity index (χ0) is 21.7. The molecule has 0 saturated carbocycles. The van der Waals surface area contributed by atoms with Crippen LogP contribution in [0.5, 0.6) is 0 Å². The first kappa shape index (κ1) is 20.4. The quantitative estimate of drug-likeness (QED) is 0.250. The molecule has 3 aromatic carbocycles. The van der Waals surface area contributed by atoms with Crippen LogP contribution in [0, 0.1) is 20.2 Å². The van der Waals surface area contributed by atoms with E-state index in [1.54, 1.807) is 54.6 Å². The molecule has 0 amide bonds. The Labute approximate surface area is 171 Å². The van der Waals surface area contributed by atoms with Crippen LogP contribution in [0.1, 0.15) is 27.0 Å². The van der Waals surface area contributed by atoms with Gasteiger partial charge >= 0.3 is 5.97 Å². The fraction of sp³-hybridized carbons (Fsp3) is 0.0455. The van der Waals surface area contributed by atoms with Crippen LogP contribution >= 0.6 is 0 Å². The van der Waals surface area contributed by atoms with Crippen molar-refractivity contribution in [1.29, 1.82) is 0 Å². The van der Waals surface area contributed by atoms with E-state index in [0.717, 1.165) is 0 Å². The highest BCUT2D eigenvalue weighted by Gasteiger charge is 2.14. The second-order valence-corrected chi connectivity index (χ2v) is 6.24. The standard InChI is InChI=1S/C22H16N2O6/c1-30-22(25)20-5-3-2-4-17(20)14-21(15-6-10-18(11-7-15)23(26)27)16-8-12-19(13-9-16)24(28)29/h2-14H,1H3. The first-order valence-electron chi connectivity index (χ1n) is 8.79. The molecule has 8 heteroatoms. The van der Waals surface area contributed by atoms with E-state index in [-0.39, 0.29) is 11.4 Å². The molecule has 0 bridgehead atoms. The summed E-state index contributed by atoms with van der Waals surface area (Å²) in [7, 11) is 1.29. The molecule has 30 heavy (non-hydrogen) atoms. The summed E-state index contributed by atoms with van der Waals surface area (Å²) in [5.41, 5.74) is 2.74. The van der Waals surface area contributed by atoms with Gasteiger partial charge in [0, 0.05) is 24.3 Å². The molecular weight excluding hydrogens is 388 g/mol. The molecule has 0 aliphatic carbocycles. The number of nitro groups is 2. The maximum Gasteiger partial charge on any atom is 0.338 e. The summed E-state index contributed by atoms with van der Waals surface area (Å²) in [5, 5.41) is 21.9. The molecule has 0 saturated heterocycles. The lowest BCUT2D eigenvalue weighted by Gasteiger charge is -2.11. The molecule has 0 unspecified atom stereocenters. The summed E-state index contributed by atoms with van der Waals surface area (Å²) in [5.74, 6) is -0.506. The first-order valence-corrected chi connectivity index (χ1v) is 8.79. The van der Waals surface area contributed by atoms with E-state index >= 15 is 0 Å². The van der Waals surface area contributed by atoms with E-state index in [4.69, 9.17) is 4.74 Å². The highest BCUT2D eigenvalue weighted by atomic mass is 16.6. The van der Waals surface area contributed by atoms with Crippen molar-refractivity contribution in [2.45, 2.75) is 0 Å². The SMILES string of the molecule is COC(=O)c1ccccc1C=C(c1ccc([N+](=O)[O-])cc1)c1ccc([N+](=O)[O-])cc1. The lowest BCUT2D eigenvalue weighted by Crippen LogP contribution is -2.03. The van der Waals surface area contributed by atoms with Crippen molar-refractivity contribution in [3.05, 3.63) is 115 Å². The summed E-state index contributed by atoms with van der Waals surface area (Å²) in [6, 6.07) is 18.7. The molecule has 3 rings (SSSR count). The minimum Gasteiger partial charge on any atom is -0.465 e. The molecule has 3 aromatic rings. The normalized spacial score (nSPS) is 10.2. The van der Waals surface area contributed by atoms with E-state index in [9.17, 15) is 25.0 Å². The Hall–Kier alpha value is -4.33. The number of carbonyl (C=O) groups is 1. The molecule has 150 valence electrons. The van der Waals surface area contributed by atoms with Gasteiger partial charge in [-0.2, -0.15) is 0 Å². The minimum atomic E-state index is -0.506. The predicted octanol–water partition coefficient (Wildman–Crippen LogP) is 4.88. The molecule has 0 aliphatic rings. The minimum absolute atomic E-state index is 0.0586. The monoisotopic (exact) mass is 404 g/mol. The number of nitrogens with zero attached hydrogens (tertiary/aromatic N) is 2. The molecule has 0 fully saturated rings. The van der Waals surface area contributed by atoms with Crippen LogP contribution in [0.25, 0.3) is 11.6 Å². The Morgan fingerprint density at radius 3 is 1.70 bits per heavy atom. The van der Waals surface area contributed by atoms with Crippen molar-refractivity contribution in [3.63, 3.8) is 0 Å². The molecule has 0 heterocycles. The first-order chi connectivity index (χ1) is 14.4. The van der Waals surface area contributed by atoms with Gasteiger partial charge < -0.3 is 4.74 Å². The number of rotatable bonds is 6. The number of nitro benzene ring substituents is 2. The third-order valence-electron chi connectivity index (χ3n) is 4.44. The van der Waals surface area contributed by atoms with Crippen LogP contribution in [0.2, 0.25) is 0 Å². The average Bonchev–Trinajstić information content (AvgIpc) is 2.77. The number of carbonyl (C=O) groups excluding carboxylic acids is 1. The van der Waals surface area contributed by atoms with Crippen LogP contribution in [0.15, 0.2) is 72.8 Å².